The van der Waals surface area contributed by atoms with Gasteiger partial charge in [-0.2, -0.15) is 0 Å². The summed E-state index contributed by atoms with van der Waals surface area (Å²) in [4.78, 5) is 18.3. The molecule has 4 unspecified atom stereocenters. The number of rotatable bonds is 4. The maximum absolute atomic E-state index is 14.1. The largest absolute Gasteiger partial charge is 0.393 e. The minimum Gasteiger partial charge on any atom is -0.393 e. The number of carbonyl (C=O) groups excluding carboxylic acids is 1. The molecule has 1 fully saturated rings. The molecular formula is C36H43NO3S. The topological polar surface area (TPSA) is 60.8 Å². The molecule has 2 bridgehead atoms. The third-order valence-corrected chi connectivity index (χ3v) is 11.3. The molecule has 4 atom stereocenters. The summed E-state index contributed by atoms with van der Waals surface area (Å²) in [5.41, 5.74) is 5.55. The first-order chi connectivity index (χ1) is 19.6. The van der Waals surface area contributed by atoms with Gasteiger partial charge in [-0.05, 0) is 105 Å². The highest BCUT2D eigenvalue weighted by Gasteiger charge is 2.57. The number of carbonyl (C=O) groups is 1. The van der Waals surface area contributed by atoms with Crippen LogP contribution in [0.5, 0.6) is 0 Å². The van der Waals surface area contributed by atoms with Crippen molar-refractivity contribution >= 4 is 17.1 Å². The highest BCUT2D eigenvalue weighted by Crippen LogP contribution is 2.59. The van der Waals surface area contributed by atoms with Crippen molar-refractivity contribution < 1.29 is 15.0 Å². The van der Waals surface area contributed by atoms with Gasteiger partial charge >= 0.3 is 0 Å². The second-order valence-electron chi connectivity index (χ2n) is 13.1. The summed E-state index contributed by atoms with van der Waals surface area (Å²) in [5.74, 6) is 0.123. The van der Waals surface area contributed by atoms with Crippen LogP contribution in [-0.2, 0) is 19.5 Å². The highest BCUT2D eigenvalue weighted by molar-refractivity contribution is 7.14. The second-order valence-corrected chi connectivity index (χ2v) is 14.4. The molecule has 1 aromatic heterocycles. The van der Waals surface area contributed by atoms with Crippen molar-refractivity contribution in [1.29, 1.82) is 0 Å². The fourth-order valence-corrected chi connectivity index (χ4v) is 8.59. The first-order valence-corrected chi connectivity index (χ1v) is 16.1. The highest BCUT2D eigenvalue weighted by atomic mass is 32.1. The van der Waals surface area contributed by atoms with Gasteiger partial charge in [-0.15, -0.1) is 11.3 Å². The molecule has 1 saturated carbocycles. The maximum atomic E-state index is 14.1. The summed E-state index contributed by atoms with van der Waals surface area (Å²) in [6, 6.07) is 18.9. The zero-order chi connectivity index (χ0) is 28.8. The number of hydrogen-bond acceptors (Lipinski definition) is 5. The lowest BCUT2D eigenvalue weighted by molar-refractivity contribution is -0.0845. The van der Waals surface area contributed by atoms with Gasteiger partial charge in [0.05, 0.1) is 16.6 Å². The van der Waals surface area contributed by atoms with Crippen LogP contribution in [0.25, 0.3) is 0 Å². The van der Waals surface area contributed by atoms with Crippen molar-refractivity contribution in [3.05, 3.63) is 104 Å². The van der Waals surface area contributed by atoms with E-state index in [-0.39, 0.29) is 11.7 Å². The predicted molar refractivity (Wildman–Crippen MR) is 166 cm³/mol. The Bertz CT molecular complexity index is 1450. The number of aliphatic hydroxyl groups is 2. The van der Waals surface area contributed by atoms with Crippen molar-refractivity contribution in [1.82, 2.24) is 4.90 Å². The molecule has 1 aliphatic heterocycles. The molecule has 0 radical (unpaired) electrons. The number of hydrogen-bond donors (Lipinski definition) is 2. The zero-order valence-corrected chi connectivity index (χ0v) is 25.5. The first kappa shape index (κ1) is 28.5. The van der Waals surface area contributed by atoms with Gasteiger partial charge in [0.15, 0.2) is 0 Å². The molecule has 41 heavy (non-hydrogen) atoms. The van der Waals surface area contributed by atoms with Crippen molar-refractivity contribution in [2.75, 3.05) is 6.54 Å². The second kappa shape index (κ2) is 11.3. The van der Waals surface area contributed by atoms with E-state index in [4.69, 9.17) is 0 Å². The predicted octanol–water partition coefficient (Wildman–Crippen LogP) is 7.34. The number of β-amino-alcohol motifs (C(OH)–C–C–N with tert-alkyl or cyclic N) is 1. The summed E-state index contributed by atoms with van der Waals surface area (Å²) in [5, 5.41) is 23.4. The summed E-state index contributed by atoms with van der Waals surface area (Å²) in [6.45, 7) is 8.86. The Kier molecular flexibility index (Phi) is 7.84. The van der Waals surface area contributed by atoms with Gasteiger partial charge in [0.2, 0.25) is 5.78 Å². The van der Waals surface area contributed by atoms with Gasteiger partial charge in [0, 0.05) is 35.5 Å². The van der Waals surface area contributed by atoms with Gasteiger partial charge in [-0.3, -0.25) is 9.69 Å². The molecule has 2 N–H and O–H groups in total. The van der Waals surface area contributed by atoms with Gasteiger partial charge in [0.25, 0.3) is 0 Å². The van der Waals surface area contributed by atoms with Gasteiger partial charge in [-0.1, -0.05) is 55.0 Å². The van der Waals surface area contributed by atoms with Crippen LogP contribution in [0.3, 0.4) is 0 Å². The SMILES string of the molecule is CC1=CCCC2(C)C(CCC2(O)CN2Cc3ccccc3C2)c2ccc(cc2C(=O)c2ccc(C)s2)CC(O)CC1. The third-order valence-electron chi connectivity index (χ3n) is 10.3. The fourth-order valence-electron chi connectivity index (χ4n) is 7.77. The third kappa shape index (κ3) is 5.50. The van der Waals surface area contributed by atoms with Gasteiger partial charge in [0.1, 0.15) is 0 Å². The van der Waals surface area contributed by atoms with Crippen LogP contribution < -0.4 is 0 Å². The molecule has 3 aliphatic carbocycles. The van der Waals surface area contributed by atoms with Crippen LogP contribution in [0.1, 0.15) is 101 Å². The molecule has 7 rings (SSSR count). The van der Waals surface area contributed by atoms with Crippen molar-refractivity contribution in [3.8, 4) is 0 Å². The molecule has 0 spiro atoms. The smallest absolute Gasteiger partial charge is 0.203 e. The van der Waals surface area contributed by atoms with Crippen LogP contribution >= 0.6 is 11.3 Å². The van der Waals surface area contributed by atoms with Crippen LogP contribution in [-0.4, -0.2) is 39.1 Å². The van der Waals surface area contributed by atoms with E-state index in [1.165, 1.54) is 16.7 Å². The van der Waals surface area contributed by atoms with E-state index in [9.17, 15) is 15.0 Å². The fraction of sp³-hybridized carbons (Fsp3) is 0.472. The number of fused-ring (bicyclic) bond motifs is 9. The van der Waals surface area contributed by atoms with E-state index in [1.54, 1.807) is 11.3 Å². The number of benzene rings is 2. The Morgan fingerprint density at radius 3 is 2.49 bits per heavy atom. The van der Waals surface area contributed by atoms with Crippen LogP contribution in [0.15, 0.2) is 66.2 Å². The molecule has 216 valence electrons. The maximum Gasteiger partial charge on any atom is 0.203 e. The standard InChI is InChI=1S/C36H43NO3S/c1-24-7-6-17-35(3)32(16-18-36(35,40)23-37-21-27-8-4-5-9-28(27)22-37)30-14-12-26(19-29(38)13-10-24)20-31(30)34(39)33-15-11-25(2)41-33/h4-5,7-9,11-12,14-15,20,29,32,38,40H,6,10,13,16-19,21-23H2,1-3H3. The Balaban J connectivity index is 1.41. The molecule has 4 aliphatic rings. The van der Waals surface area contributed by atoms with Crippen molar-refractivity contribution in [3.63, 3.8) is 0 Å². The zero-order valence-electron chi connectivity index (χ0n) is 24.7. The molecular weight excluding hydrogens is 526 g/mol. The van der Waals surface area contributed by atoms with Crippen LogP contribution in [0.4, 0.5) is 0 Å². The van der Waals surface area contributed by atoms with E-state index in [2.05, 4.69) is 61.2 Å². The lowest BCUT2D eigenvalue weighted by atomic mass is 9.64. The molecule has 3 aromatic rings. The quantitative estimate of drug-likeness (QED) is 0.255. The van der Waals surface area contributed by atoms with E-state index >= 15 is 0 Å². The first-order valence-electron chi connectivity index (χ1n) is 15.2. The van der Waals surface area contributed by atoms with Crippen LogP contribution in [0.2, 0.25) is 0 Å². The van der Waals surface area contributed by atoms with E-state index in [1.807, 2.05) is 25.1 Å². The minimum atomic E-state index is -0.868. The summed E-state index contributed by atoms with van der Waals surface area (Å²) in [7, 11) is 0. The number of thiophene rings is 1. The average molecular weight is 570 g/mol. The van der Waals surface area contributed by atoms with E-state index in [0.29, 0.717) is 19.4 Å². The Labute approximate surface area is 248 Å². The van der Waals surface area contributed by atoms with Crippen molar-refractivity contribution in [2.24, 2.45) is 5.41 Å². The lowest BCUT2D eigenvalue weighted by Gasteiger charge is -2.45. The number of nitrogens with zero attached hydrogens (tertiary/aromatic N) is 1. The molecule has 4 nitrogen and oxygen atoms in total. The van der Waals surface area contributed by atoms with Gasteiger partial charge in [-0.25, -0.2) is 0 Å². The average Bonchev–Trinajstić information content (AvgIpc) is 3.62. The van der Waals surface area contributed by atoms with Crippen LogP contribution in [0, 0.1) is 12.3 Å². The summed E-state index contributed by atoms with van der Waals surface area (Å²) in [6.07, 6.45) is 7.27. The molecule has 0 amide bonds. The van der Waals surface area contributed by atoms with E-state index in [0.717, 1.165) is 71.6 Å². The number of aryl methyl sites for hydroxylation is 1. The number of allylic oxidation sites excluding steroid dienone is 2. The monoisotopic (exact) mass is 569 g/mol. The van der Waals surface area contributed by atoms with Gasteiger partial charge < -0.3 is 10.2 Å². The number of ketones is 1. The Morgan fingerprint density at radius 2 is 1.78 bits per heavy atom. The molecule has 2 heterocycles. The summed E-state index contributed by atoms with van der Waals surface area (Å²) < 4.78 is 0. The molecule has 2 aromatic carbocycles. The van der Waals surface area contributed by atoms with Crippen molar-refractivity contribution in [2.45, 2.75) is 96.4 Å². The number of aliphatic hydroxyl groups excluding tert-OH is 1. The van der Waals surface area contributed by atoms with E-state index < -0.39 is 17.1 Å². The molecule has 0 saturated heterocycles. The molecule has 5 heteroatoms. The Morgan fingerprint density at radius 1 is 1.02 bits per heavy atom. The lowest BCUT2D eigenvalue weighted by Crippen LogP contribution is -2.51. The normalized spacial score (nSPS) is 28.7. The minimum absolute atomic E-state index is 0.0602. The Hall–Kier alpha value is -2.57. The summed E-state index contributed by atoms with van der Waals surface area (Å²) >= 11 is 1.54.